The standard InChI is InChI=1S/C22H24IN3O7/c1-26(2)15-10-4-7-3-9-8(6-24)5-11(23)16(27)13(9)17(28)12(7)19(30)22(10,33)20(31)14(18(15)29)21(25)32/h5,7,10,15,27-28,31,33H,3-4,6,24H2,1-2H3,(H2,25,32)/t7-,10-,15-,22-/m1/s1. The van der Waals surface area contributed by atoms with Gasteiger partial charge in [0.05, 0.1) is 15.2 Å². The fraction of sp³-hybridized carbons (Fsp3) is 0.409. The third kappa shape index (κ3) is 3.06. The number of phenols is 1. The van der Waals surface area contributed by atoms with E-state index in [0.29, 0.717) is 14.7 Å². The number of aliphatic hydroxyl groups is 3. The first-order chi connectivity index (χ1) is 15.4. The van der Waals surface area contributed by atoms with Crippen LogP contribution in [-0.4, -0.2) is 68.5 Å². The second-order valence-electron chi connectivity index (χ2n) is 8.89. The molecule has 3 aliphatic carbocycles. The molecular weight excluding hydrogens is 545 g/mol. The molecule has 176 valence electrons. The van der Waals surface area contributed by atoms with Gasteiger partial charge in [0, 0.05) is 18.0 Å². The summed E-state index contributed by atoms with van der Waals surface area (Å²) in [7, 11) is 3.11. The Morgan fingerprint density at radius 2 is 1.91 bits per heavy atom. The van der Waals surface area contributed by atoms with Gasteiger partial charge in [-0.25, -0.2) is 0 Å². The maximum Gasteiger partial charge on any atom is 0.255 e. The highest BCUT2D eigenvalue weighted by atomic mass is 127. The molecule has 0 saturated heterocycles. The van der Waals surface area contributed by atoms with Crippen LogP contribution >= 0.6 is 22.6 Å². The van der Waals surface area contributed by atoms with Crippen LogP contribution in [0, 0.1) is 15.4 Å². The van der Waals surface area contributed by atoms with Gasteiger partial charge in [0.15, 0.2) is 11.4 Å². The molecule has 1 aromatic carbocycles. The summed E-state index contributed by atoms with van der Waals surface area (Å²) in [5, 5.41) is 44.1. The lowest BCUT2D eigenvalue weighted by Gasteiger charge is -2.50. The van der Waals surface area contributed by atoms with Gasteiger partial charge >= 0.3 is 0 Å². The number of carbonyl (C=O) groups is 3. The number of likely N-dealkylation sites (N-methyl/N-ethyl adjacent to an activating group) is 1. The zero-order valence-electron chi connectivity index (χ0n) is 17.9. The van der Waals surface area contributed by atoms with Crippen molar-refractivity contribution in [1.29, 1.82) is 0 Å². The van der Waals surface area contributed by atoms with Crippen molar-refractivity contribution < 1.29 is 34.8 Å². The fourth-order valence-electron chi connectivity index (χ4n) is 5.53. The van der Waals surface area contributed by atoms with E-state index >= 15 is 0 Å². The van der Waals surface area contributed by atoms with Crippen molar-refractivity contribution >= 4 is 45.8 Å². The Morgan fingerprint density at radius 3 is 2.45 bits per heavy atom. The molecule has 0 aliphatic heterocycles. The first-order valence-corrected chi connectivity index (χ1v) is 11.3. The van der Waals surface area contributed by atoms with E-state index in [1.165, 1.54) is 4.90 Å². The third-order valence-corrected chi connectivity index (χ3v) is 7.81. The number of primary amides is 1. The number of nitrogens with two attached hydrogens (primary N) is 2. The number of aromatic hydroxyl groups is 1. The van der Waals surface area contributed by atoms with Crippen LogP contribution < -0.4 is 11.5 Å². The predicted octanol–water partition coefficient (Wildman–Crippen LogP) is 0.0273. The number of amides is 1. The van der Waals surface area contributed by atoms with Gasteiger partial charge in [-0.3, -0.25) is 19.3 Å². The van der Waals surface area contributed by atoms with Gasteiger partial charge in [-0.15, -0.1) is 0 Å². The van der Waals surface area contributed by atoms with Crippen molar-refractivity contribution in [1.82, 2.24) is 4.90 Å². The van der Waals surface area contributed by atoms with E-state index in [0.717, 1.165) is 0 Å². The van der Waals surface area contributed by atoms with E-state index in [4.69, 9.17) is 11.5 Å². The van der Waals surface area contributed by atoms with Gasteiger partial charge in [0.2, 0.25) is 5.78 Å². The second-order valence-corrected chi connectivity index (χ2v) is 10.0. The molecule has 0 radical (unpaired) electrons. The molecule has 3 aliphatic rings. The number of hydrogen-bond donors (Lipinski definition) is 6. The molecule has 0 heterocycles. The van der Waals surface area contributed by atoms with Crippen molar-refractivity contribution in [2.45, 2.75) is 31.0 Å². The fourth-order valence-corrected chi connectivity index (χ4v) is 6.18. The van der Waals surface area contributed by atoms with Gasteiger partial charge < -0.3 is 31.9 Å². The predicted molar refractivity (Wildman–Crippen MR) is 125 cm³/mol. The topological polar surface area (TPSA) is 187 Å². The molecule has 4 rings (SSSR count). The highest BCUT2D eigenvalue weighted by molar-refractivity contribution is 14.1. The lowest BCUT2D eigenvalue weighted by atomic mass is 9.57. The highest BCUT2D eigenvalue weighted by Crippen LogP contribution is 2.53. The van der Waals surface area contributed by atoms with Crippen LogP contribution in [0.2, 0.25) is 0 Å². The maximum atomic E-state index is 13.7. The molecule has 1 saturated carbocycles. The van der Waals surface area contributed by atoms with Gasteiger partial charge in [-0.1, -0.05) is 0 Å². The maximum absolute atomic E-state index is 13.7. The summed E-state index contributed by atoms with van der Waals surface area (Å²) < 4.78 is 0.423. The van der Waals surface area contributed by atoms with Crippen molar-refractivity contribution in [3.63, 3.8) is 0 Å². The zero-order valence-corrected chi connectivity index (χ0v) is 20.1. The van der Waals surface area contributed by atoms with E-state index < -0.39 is 58.0 Å². The first kappa shape index (κ1) is 23.7. The first-order valence-electron chi connectivity index (χ1n) is 10.3. The molecule has 0 spiro atoms. The van der Waals surface area contributed by atoms with E-state index in [1.807, 2.05) is 22.6 Å². The van der Waals surface area contributed by atoms with E-state index in [1.54, 1.807) is 20.2 Å². The molecule has 1 fully saturated rings. The van der Waals surface area contributed by atoms with E-state index in [9.17, 15) is 34.8 Å². The average molecular weight is 569 g/mol. The minimum absolute atomic E-state index is 0.0442. The Kier molecular flexibility index (Phi) is 5.59. The smallest absolute Gasteiger partial charge is 0.255 e. The number of rotatable bonds is 3. The van der Waals surface area contributed by atoms with E-state index in [2.05, 4.69) is 0 Å². The molecule has 33 heavy (non-hydrogen) atoms. The molecule has 1 amide bonds. The summed E-state index contributed by atoms with van der Waals surface area (Å²) >= 11 is 1.88. The van der Waals surface area contributed by atoms with Crippen molar-refractivity contribution in [2.24, 2.45) is 23.3 Å². The highest BCUT2D eigenvalue weighted by Gasteiger charge is 2.64. The Morgan fingerprint density at radius 1 is 1.27 bits per heavy atom. The summed E-state index contributed by atoms with van der Waals surface area (Å²) in [4.78, 5) is 40.2. The monoisotopic (exact) mass is 569 g/mol. The number of ketones is 2. The lowest BCUT2D eigenvalue weighted by Crippen LogP contribution is -2.65. The number of halogens is 1. The summed E-state index contributed by atoms with van der Waals surface area (Å²) in [5.41, 5.74) is 8.86. The molecule has 1 aromatic rings. The van der Waals surface area contributed by atoms with Crippen LogP contribution in [0.25, 0.3) is 5.76 Å². The Labute approximate surface area is 202 Å². The van der Waals surface area contributed by atoms with Gasteiger partial charge in [-0.2, -0.15) is 0 Å². The van der Waals surface area contributed by atoms with Crippen LogP contribution in [-0.2, 0) is 27.3 Å². The molecule has 0 aromatic heterocycles. The van der Waals surface area contributed by atoms with Crippen molar-refractivity contribution in [2.75, 3.05) is 14.1 Å². The minimum atomic E-state index is -2.64. The average Bonchev–Trinajstić information content (AvgIpc) is 2.72. The number of benzene rings is 1. The largest absolute Gasteiger partial charge is 0.508 e. The number of carbonyl (C=O) groups excluding carboxylic acids is 3. The van der Waals surface area contributed by atoms with E-state index in [-0.39, 0.29) is 36.3 Å². The summed E-state index contributed by atoms with van der Waals surface area (Å²) in [6.45, 7) is 0.138. The Balaban J connectivity index is 2.00. The number of aliphatic hydroxyl groups excluding tert-OH is 2. The van der Waals surface area contributed by atoms with Crippen LogP contribution in [0.1, 0.15) is 23.1 Å². The molecule has 11 heteroatoms. The van der Waals surface area contributed by atoms with Crippen molar-refractivity contribution in [3.8, 4) is 5.75 Å². The van der Waals surface area contributed by atoms with Crippen LogP contribution in [0.3, 0.4) is 0 Å². The zero-order chi connectivity index (χ0) is 24.6. The summed E-state index contributed by atoms with van der Waals surface area (Å²) in [6.07, 6.45) is 0.272. The molecule has 0 bridgehead atoms. The van der Waals surface area contributed by atoms with Crippen molar-refractivity contribution in [3.05, 3.63) is 43.2 Å². The third-order valence-electron chi connectivity index (χ3n) is 6.99. The van der Waals surface area contributed by atoms with Gasteiger partial charge in [0.25, 0.3) is 5.91 Å². The number of phenolic OH excluding ortho intramolecular Hbond substituents is 1. The Bertz CT molecular complexity index is 1190. The molecule has 10 nitrogen and oxygen atoms in total. The van der Waals surface area contributed by atoms with Gasteiger partial charge in [-0.05, 0) is 72.6 Å². The number of Topliss-reactive ketones (excluding diaryl/α,β-unsaturated/α-hetero) is 2. The molecular formula is C22H24IN3O7. The summed E-state index contributed by atoms with van der Waals surface area (Å²) in [6, 6.07) is 0.593. The molecule has 4 atom stereocenters. The number of nitrogens with zero attached hydrogens (tertiary/aromatic N) is 1. The molecule has 8 N–H and O–H groups in total. The van der Waals surface area contributed by atoms with Gasteiger partial charge in [0.1, 0.15) is 22.8 Å². The summed E-state index contributed by atoms with van der Waals surface area (Å²) in [5.74, 6) is -6.64. The van der Waals surface area contributed by atoms with Crippen LogP contribution in [0.4, 0.5) is 0 Å². The number of hydrogen-bond acceptors (Lipinski definition) is 9. The normalized spacial score (nSPS) is 29.2. The van der Waals surface area contributed by atoms with Crippen LogP contribution in [0.5, 0.6) is 5.75 Å². The quantitative estimate of drug-likeness (QED) is 0.216. The minimum Gasteiger partial charge on any atom is -0.508 e. The SMILES string of the molecule is CN(C)[C@H]1C(=O)C(C(N)=O)=C(O)[C@]2(O)C(=O)C3=C(O)c4c(O)c(I)cc(CN)c4C[C@@H]3C[C@H]12. The Hall–Kier alpha value is -2.48. The second kappa shape index (κ2) is 7.79. The lowest BCUT2D eigenvalue weighted by molar-refractivity contribution is -0.153. The molecule has 0 unspecified atom stereocenters. The number of fused-ring (bicyclic) bond motifs is 3. The van der Waals surface area contributed by atoms with Crippen LogP contribution in [0.15, 0.2) is 23.0 Å².